The molecule has 0 spiro atoms. The molecule has 4 atom stereocenters. The first-order valence-corrected chi connectivity index (χ1v) is 14.0. The van der Waals surface area contributed by atoms with E-state index in [1.807, 2.05) is 91.0 Å². The molecule has 0 aromatic heterocycles. The monoisotopic (exact) mass is 536 g/mol. The molecule has 0 saturated carbocycles. The minimum absolute atomic E-state index is 0.0562. The van der Waals surface area contributed by atoms with Crippen LogP contribution in [-0.2, 0) is 48.3 Å². The predicted molar refractivity (Wildman–Crippen MR) is 149 cm³/mol. The summed E-state index contributed by atoms with van der Waals surface area (Å²) >= 11 is 1.57. The molecular weight excluding hydrogens is 500 g/mol. The van der Waals surface area contributed by atoms with Gasteiger partial charge in [0.1, 0.15) is 24.9 Å². The molecule has 1 aliphatic rings. The molecule has 0 aliphatic carbocycles. The van der Waals surface area contributed by atoms with Gasteiger partial charge in [-0.15, -0.1) is 11.8 Å². The molecule has 1 saturated heterocycles. The molecule has 3 aromatic carbocycles. The van der Waals surface area contributed by atoms with E-state index in [1.54, 1.807) is 11.8 Å². The molecule has 0 unspecified atom stereocenters. The van der Waals surface area contributed by atoms with Gasteiger partial charge in [-0.05, 0) is 22.4 Å². The second-order valence-corrected chi connectivity index (χ2v) is 10.7. The summed E-state index contributed by atoms with van der Waals surface area (Å²) in [4.78, 5) is 10.9. The third-order valence-corrected chi connectivity index (χ3v) is 7.49. The fourth-order valence-corrected chi connectivity index (χ4v) is 5.68. The zero-order chi connectivity index (χ0) is 26.6. The standard InChI is InChI=1S/C31H36O6S/c1-3-38-31(23-36-24(2)32)30(35-21-27-17-11-6-12-18-27)29(34-20-26-15-9-5-10-16-26)28(37-31)22-33-19-25-13-7-4-8-14-25/h4-18,28-30H,3,19-23H2,1-2H3/t28-,29-,30+,31+/m1/s1. The Morgan fingerprint density at radius 1 is 0.816 bits per heavy atom. The normalized spacial score (nSPS) is 22.8. The summed E-state index contributed by atoms with van der Waals surface area (Å²) < 4.78 is 31.4. The van der Waals surface area contributed by atoms with Crippen molar-refractivity contribution in [1.29, 1.82) is 0 Å². The second-order valence-electron chi connectivity index (χ2n) is 9.16. The molecule has 38 heavy (non-hydrogen) atoms. The van der Waals surface area contributed by atoms with E-state index in [9.17, 15) is 4.79 Å². The highest BCUT2D eigenvalue weighted by Crippen LogP contribution is 2.44. The Bertz CT molecular complexity index is 1100. The van der Waals surface area contributed by atoms with Crippen molar-refractivity contribution in [2.45, 2.75) is 56.9 Å². The maximum atomic E-state index is 11.9. The summed E-state index contributed by atoms with van der Waals surface area (Å²) in [6.45, 7) is 5.06. The summed E-state index contributed by atoms with van der Waals surface area (Å²) in [5, 5.41) is 0. The number of thioether (sulfide) groups is 1. The number of carbonyl (C=O) groups is 1. The fraction of sp³-hybridized carbons (Fsp3) is 0.387. The lowest BCUT2D eigenvalue weighted by atomic mass is 10.1. The zero-order valence-corrected chi connectivity index (χ0v) is 22.8. The molecule has 1 heterocycles. The Kier molecular flexibility index (Phi) is 10.8. The largest absolute Gasteiger partial charge is 0.462 e. The van der Waals surface area contributed by atoms with Crippen molar-refractivity contribution in [3.63, 3.8) is 0 Å². The third kappa shape index (κ3) is 7.91. The van der Waals surface area contributed by atoms with Crippen molar-refractivity contribution >= 4 is 17.7 Å². The van der Waals surface area contributed by atoms with Gasteiger partial charge in [-0.2, -0.15) is 0 Å². The van der Waals surface area contributed by atoms with Crippen molar-refractivity contribution < 1.29 is 28.5 Å². The summed E-state index contributed by atoms with van der Waals surface area (Å²) in [6.07, 6.45) is -1.36. The first-order chi connectivity index (χ1) is 18.6. The molecule has 1 aliphatic heterocycles. The van der Waals surface area contributed by atoms with E-state index in [-0.39, 0.29) is 12.6 Å². The Hall–Kier alpha value is -2.68. The van der Waals surface area contributed by atoms with E-state index >= 15 is 0 Å². The van der Waals surface area contributed by atoms with Crippen molar-refractivity contribution in [2.75, 3.05) is 19.0 Å². The van der Waals surface area contributed by atoms with Crippen molar-refractivity contribution in [3.8, 4) is 0 Å². The van der Waals surface area contributed by atoms with Crippen LogP contribution in [0.5, 0.6) is 0 Å². The molecule has 4 rings (SSSR count). The first kappa shape index (κ1) is 28.3. The van der Waals surface area contributed by atoms with Crippen LogP contribution >= 0.6 is 11.8 Å². The molecule has 6 nitrogen and oxygen atoms in total. The molecule has 3 aromatic rings. The van der Waals surface area contributed by atoms with Crippen LogP contribution in [0.25, 0.3) is 0 Å². The van der Waals surface area contributed by atoms with Gasteiger partial charge < -0.3 is 23.7 Å². The third-order valence-electron chi connectivity index (χ3n) is 6.27. The van der Waals surface area contributed by atoms with Crippen molar-refractivity contribution in [3.05, 3.63) is 108 Å². The summed E-state index contributed by atoms with van der Waals surface area (Å²) in [5.41, 5.74) is 3.18. The number of rotatable bonds is 14. The highest BCUT2D eigenvalue weighted by molar-refractivity contribution is 8.00. The van der Waals surface area contributed by atoms with Crippen LogP contribution in [0.4, 0.5) is 0 Å². The van der Waals surface area contributed by atoms with Crippen LogP contribution in [0.15, 0.2) is 91.0 Å². The van der Waals surface area contributed by atoms with Gasteiger partial charge in [0.05, 0.1) is 26.4 Å². The van der Waals surface area contributed by atoms with Gasteiger partial charge in [0.15, 0.2) is 4.93 Å². The maximum Gasteiger partial charge on any atom is 0.302 e. The molecule has 1 fully saturated rings. The molecular formula is C31H36O6S. The van der Waals surface area contributed by atoms with Gasteiger partial charge in [0.25, 0.3) is 0 Å². The van der Waals surface area contributed by atoms with E-state index in [0.717, 1.165) is 22.4 Å². The Labute approximate surface area is 229 Å². The molecule has 0 bridgehead atoms. The summed E-state index contributed by atoms with van der Waals surface area (Å²) in [5.74, 6) is 0.382. The summed E-state index contributed by atoms with van der Waals surface area (Å²) in [6, 6.07) is 30.1. The van der Waals surface area contributed by atoms with E-state index in [2.05, 4.69) is 6.92 Å². The van der Waals surface area contributed by atoms with Gasteiger partial charge in [-0.3, -0.25) is 4.79 Å². The second kappa shape index (κ2) is 14.5. The minimum atomic E-state index is -0.933. The lowest BCUT2D eigenvalue weighted by Gasteiger charge is -2.34. The predicted octanol–water partition coefficient (Wildman–Crippen LogP) is 5.79. The van der Waals surface area contributed by atoms with Crippen LogP contribution < -0.4 is 0 Å². The van der Waals surface area contributed by atoms with E-state index in [1.165, 1.54) is 6.92 Å². The lowest BCUT2D eigenvalue weighted by molar-refractivity contribution is -0.151. The number of ether oxygens (including phenoxy) is 5. The Balaban J connectivity index is 1.58. The number of hydrogen-bond donors (Lipinski definition) is 0. The van der Waals surface area contributed by atoms with Crippen molar-refractivity contribution in [1.82, 2.24) is 0 Å². The smallest absolute Gasteiger partial charge is 0.302 e. The average molecular weight is 537 g/mol. The molecule has 7 heteroatoms. The highest BCUT2D eigenvalue weighted by atomic mass is 32.2. The molecule has 0 amide bonds. The van der Waals surface area contributed by atoms with E-state index < -0.39 is 23.2 Å². The number of carbonyl (C=O) groups excluding carboxylic acids is 1. The zero-order valence-electron chi connectivity index (χ0n) is 22.0. The van der Waals surface area contributed by atoms with Gasteiger partial charge >= 0.3 is 5.97 Å². The Morgan fingerprint density at radius 3 is 1.87 bits per heavy atom. The summed E-state index contributed by atoms with van der Waals surface area (Å²) in [7, 11) is 0. The van der Waals surface area contributed by atoms with E-state index in [0.29, 0.717) is 26.4 Å². The van der Waals surface area contributed by atoms with Crippen molar-refractivity contribution in [2.24, 2.45) is 0 Å². The van der Waals surface area contributed by atoms with Crippen LogP contribution in [0.3, 0.4) is 0 Å². The Morgan fingerprint density at radius 2 is 1.34 bits per heavy atom. The van der Waals surface area contributed by atoms with Crippen LogP contribution in [0.1, 0.15) is 30.5 Å². The van der Waals surface area contributed by atoms with Crippen LogP contribution in [0.2, 0.25) is 0 Å². The lowest BCUT2D eigenvalue weighted by Crippen LogP contribution is -2.47. The first-order valence-electron chi connectivity index (χ1n) is 13.0. The number of benzene rings is 3. The molecule has 0 N–H and O–H groups in total. The van der Waals surface area contributed by atoms with Gasteiger partial charge in [-0.1, -0.05) is 97.9 Å². The molecule has 0 radical (unpaired) electrons. The fourth-order valence-electron chi connectivity index (χ4n) is 4.50. The number of hydrogen-bond acceptors (Lipinski definition) is 7. The average Bonchev–Trinajstić information content (AvgIpc) is 3.23. The number of esters is 1. The van der Waals surface area contributed by atoms with Gasteiger partial charge in [0, 0.05) is 6.92 Å². The van der Waals surface area contributed by atoms with Crippen LogP contribution in [0, 0.1) is 0 Å². The maximum absolute atomic E-state index is 11.9. The van der Waals surface area contributed by atoms with Gasteiger partial charge in [0.2, 0.25) is 0 Å². The highest BCUT2D eigenvalue weighted by Gasteiger charge is 2.57. The topological polar surface area (TPSA) is 63.2 Å². The van der Waals surface area contributed by atoms with Gasteiger partial charge in [-0.25, -0.2) is 0 Å². The van der Waals surface area contributed by atoms with E-state index in [4.69, 9.17) is 23.7 Å². The SMILES string of the molecule is CCS[C@]1(COC(C)=O)O[C@H](COCc2ccccc2)[C@@H](OCc2ccccc2)[C@@H]1OCc1ccccc1. The molecule has 202 valence electrons. The van der Waals surface area contributed by atoms with Crippen LogP contribution in [-0.4, -0.2) is 48.2 Å². The minimum Gasteiger partial charge on any atom is -0.462 e. The quantitative estimate of drug-likeness (QED) is 0.242.